The summed E-state index contributed by atoms with van der Waals surface area (Å²) >= 11 is 0. The summed E-state index contributed by atoms with van der Waals surface area (Å²) < 4.78 is 9.77. The van der Waals surface area contributed by atoms with Crippen LogP contribution in [0.1, 0.15) is 37.1 Å². The number of aromatic nitrogens is 1. The molecule has 120 valence electrons. The Bertz CT molecular complexity index is 541. The van der Waals surface area contributed by atoms with Crippen LogP contribution in [0.2, 0.25) is 0 Å². The van der Waals surface area contributed by atoms with E-state index in [0.717, 1.165) is 11.3 Å². The molecule has 0 spiro atoms. The van der Waals surface area contributed by atoms with Gasteiger partial charge in [-0.25, -0.2) is 9.78 Å². The summed E-state index contributed by atoms with van der Waals surface area (Å²) in [7, 11) is 2.95. The molecular formula is C16H23N3O3. The standard InChI is InChI=1S/C16H23N3O3/c1-11(18-13-6-7-13)12-9-14(19-15(10-12)21-2)5-4-8-17-16(20)22-3/h4-5,9-11,13,18H,6-8H2,1-3H3,(H,17,20)/b5-4+. The Morgan fingerprint density at radius 2 is 2.23 bits per heavy atom. The van der Waals surface area contributed by atoms with E-state index in [2.05, 4.69) is 27.3 Å². The number of carbonyl (C=O) groups excluding carboxylic acids is 1. The molecule has 1 aliphatic carbocycles. The Labute approximate surface area is 130 Å². The summed E-state index contributed by atoms with van der Waals surface area (Å²) in [5, 5.41) is 6.14. The van der Waals surface area contributed by atoms with Crippen LogP contribution in [-0.4, -0.2) is 37.9 Å². The molecule has 1 aliphatic rings. The minimum Gasteiger partial charge on any atom is -0.481 e. The first-order valence-corrected chi connectivity index (χ1v) is 7.42. The highest BCUT2D eigenvalue weighted by atomic mass is 16.5. The van der Waals surface area contributed by atoms with E-state index in [1.807, 2.05) is 24.3 Å². The topological polar surface area (TPSA) is 72.5 Å². The molecule has 1 aromatic rings. The van der Waals surface area contributed by atoms with Crippen LogP contribution in [0.4, 0.5) is 4.79 Å². The Morgan fingerprint density at radius 3 is 2.86 bits per heavy atom. The molecule has 0 aliphatic heterocycles. The van der Waals surface area contributed by atoms with Crippen LogP contribution >= 0.6 is 0 Å². The van der Waals surface area contributed by atoms with Crippen molar-refractivity contribution in [2.24, 2.45) is 0 Å². The minimum absolute atomic E-state index is 0.254. The van der Waals surface area contributed by atoms with Crippen LogP contribution in [-0.2, 0) is 4.74 Å². The third-order valence-electron chi connectivity index (χ3n) is 3.45. The van der Waals surface area contributed by atoms with Gasteiger partial charge in [-0.05, 0) is 37.5 Å². The number of nitrogens with one attached hydrogen (secondary N) is 2. The van der Waals surface area contributed by atoms with Gasteiger partial charge in [-0.3, -0.25) is 0 Å². The lowest BCUT2D eigenvalue weighted by Crippen LogP contribution is -2.22. The molecule has 6 heteroatoms. The van der Waals surface area contributed by atoms with E-state index in [1.54, 1.807) is 7.11 Å². The highest BCUT2D eigenvalue weighted by Gasteiger charge is 2.23. The molecular weight excluding hydrogens is 282 g/mol. The summed E-state index contributed by atoms with van der Waals surface area (Å²) in [6, 6.07) is 4.86. The third kappa shape index (κ3) is 5.04. The number of methoxy groups -OCH3 is 2. The summed E-state index contributed by atoms with van der Waals surface area (Å²) in [6.07, 6.45) is 5.72. The van der Waals surface area contributed by atoms with E-state index >= 15 is 0 Å². The molecule has 0 radical (unpaired) electrons. The number of alkyl carbamates (subject to hydrolysis) is 1. The van der Waals surface area contributed by atoms with Crippen molar-refractivity contribution in [3.8, 4) is 5.88 Å². The number of pyridine rings is 1. The van der Waals surface area contributed by atoms with E-state index in [4.69, 9.17) is 4.74 Å². The van der Waals surface area contributed by atoms with Gasteiger partial charge in [0.15, 0.2) is 0 Å². The Morgan fingerprint density at radius 1 is 1.45 bits per heavy atom. The second-order valence-corrected chi connectivity index (χ2v) is 5.31. The number of rotatable bonds is 7. The van der Waals surface area contributed by atoms with Crippen LogP contribution < -0.4 is 15.4 Å². The van der Waals surface area contributed by atoms with Crippen molar-refractivity contribution in [1.82, 2.24) is 15.6 Å². The number of amides is 1. The smallest absolute Gasteiger partial charge is 0.407 e. The maximum absolute atomic E-state index is 11.0. The van der Waals surface area contributed by atoms with Crippen LogP contribution in [0, 0.1) is 0 Å². The molecule has 2 rings (SSSR count). The molecule has 0 aromatic carbocycles. The fourth-order valence-electron chi connectivity index (χ4n) is 2.08. The van der Waals surface area contributed by atoms with Gasteiger partial charge < -0.3 is 20.1 Å². The second kappa shape index (κ2) is 7.79. The zero-order valence-corrected chi connectivity index (χ0v) is 13.3. The van der Waals surface area contributed by atoms with Gasteiger partial charge in [0.2, 0.25) is 5.88 Å². The van der Waals surface area contributed by atoms with Gasteiger partial charge in [-0.2, -0.15) is 0 Å². The Balaban J connectivity index is 2.02. The maximum atomic E-state index is 11.0. The monoisotopic (exact) mass is 305 g/mol. The van der Waals surface area contributed by atoms with Crippen molar-refractivity contribution in [2.45, 2.75) is 31.8 Å². The van der Waals surface area contributed by atoms with E-state index in [0.29, 0.717) is 18.5 Å². The van der Waals surface area contributed by atoms with Crippen LogP contribution in [0.3, 0.4) is 0 Å². The second-order valence-electron chi connectivity index (χ2n) is 5.31. The summed E-state index contributed by atoms with van der Waals surface area (Å²) in [4.78, 5) is 15.3. The predicted molar refractivity (Wildman–Crippen MR) is 84.8 cm³/mol. The first-order chi connectivity index (χ1) is 10.6. The van der Waals surface area contributed by atoms with Crippen LogP contribution in [0.15, 0.2) is 18.2 Å². The van der Waals surface area contributed by atoms with Crippen molar-refractivity contribution in [2.75, 3.05) is 20.8 Å². The quantitative estimate of drug-likeness (QED) is 0.808. The van der Waals surface area contributed by atoms with Crippen molar-refractivity contribution < 1.29 is 14.3 Å². The van der Waals surface area contributed by atoms with Gasteiger partial charge in [-0.15, -0.1) is 0 Å². The number of ether oxygens (including phenoxy) is 2. The molecule has 1 fully saturated rings. The van der Waals surface area contributed by atoms with Gasteiger partial charge in [0.25, 0.3) is 0 Å². The molecule has 1 saturated carbocycles. The van der Waals surface area contributed by atoms with E-state index in [-0.39, 0.29) is 6.04 Å². The molecule has 1 amide bonds. The van der Waals surface area contributed by atoms with Crippen molar-refractivity contribution in [1.29, 1.82) is 0 Å². The third-order valence-corrected chi connectivity index (χ3v) is 3.45. The number of nitrogens with zero attached hydrogens (tertiary/aromatic N) is 1. The van der Waals surface area contributed by atoms with E-state index in [9.17, 15) is 4.79 Å². The van der Waals surface area contributed by atoms with Crippen molar-refractivity contribution >= 4 is 12.2 Å². The average molecular weight is 305 g/mol. The summed E-state index contributed by atoms with van der Waals surface area (Å²) in [6.45, 7) is 2.52. The van der Waals surface area contributed by atoms with Gasteiger partial charge in [0, 0.05) is 24.7 Å². The molecule has 1 atom stereocenters. The molecule has 0 saturated heterocycles. The number of carbonyl (C=O) groups is 1. The highest BCUT2D eigenvalue weighted by Crippen LogP contribution is 2.25. The number of hydrogen-bond acceptors (Lipinski definition) is 5. The number of hydrogen-bond donors (Lipinski definition) is 2. The SMILES string of the molecule is COC(=O)NC/C=C/c1cc(C(C)NC2CC2)cc(OC)n1. The van der Waals surface area contributed by atoms with E-state index < -0.39 is 6.09 Å². The molecule has 1 aromatic heterocycles. The Hall–Kier alpha value is -2.08. The normalized spacial score (nSPS) is 15.6. The summed E-state index contributed by atoms with van der Waals surface area (Å²) in [5.74, 6) is 0.586. The first-order valence-electron chi connectivity index (χ1n) is 7.42. The van der Waals surface area contributed by atoms with Crippen molar-refractivity contribution in [3.63, 3.8) is 0 Å². The largest absolute Gasteiger partial charge is 0.481 e. The molecule has 22 heavy (non-hydrogen) atoms. The predicted octanol–water partition coefficient (Wildman–Crippen LogP) is 2.27. The van der Waals surface area contributed by atoms with Crippen molar-refractivity contribution in [3.05, 3.63) is 29.5 Å². The molecule has 2 N–H and O–H groups in total. The van der Waals surface area contributed by atoms with Gasteiger partial charge in [0.05, 0.1) is 19.9 Å². The van der Waals surface area contributed by atoms with Crippen LogP contribution in [0.25, 0.3) is 6.08 Å². The fraction of sp³-hybridized carbons (Fsp3) is 0.500. The first kappa shape index (κ1) is 16.3. The lowest BCUT2D eigenvalue weighted by Gasteiger charge is -2.15. The van der Waals surface area contributed by atoms with Gasteiger partial charge in [0.1, 0.15) is 0 Å². The highest BCUT2D eigenvalue weighted by molar-refractivity contribution is 5.67. The average Bonchev–Trinajstić information content (AvgIpc) is 3.34. The summed E-state index contributed by atoms with van der Waals surface area (Å²) in [5.41, 5.74) is 1.93. The lowest BCUT2D eigenvalue weighted by molar-refractivity contribution is 0.172. The maximum Gasteiger partial charge on any atom is 0.407 e. The van der Waals surface area contributed by atoms with Gasteiger partial charge >= 0.3 is 6.09 Å². The zero-order valence-electron chi connectivity index (χ0n) is 13.3. The zero-order chi connectivity index (χ0) is 15.9. The molecule has 6 nitrogen and oxygen atoms in total. The van der Waals surface area contributed by atoms with Crippen LogP contribution in [0.5, 0.6) is 5.88 Å². The Kier molecular flexibility index (Phi) is 5.77. The fourth-order valence-corrected chi connectivity index (χ4v) is 2.08. The van der Waals surface area contributed by atoms with E-state index in [1.165, 1.54) is 20.0 Å². The molecule has 0 bridgehead atoms. The molecule has 1 heterocycles. The van der Waals surface area contributed by atoms with Gasteiger partial charge in [-0.1, -0.05) is 6.08 Å². The minimum atomic E-state index is -0.453. The lowest BCUT2D eigenvalue weighted by atomic mass is 10.1. The molecule has 1 unspecified atom stereocenters.